The molecule has 0 rings (SSSR count). The smallest absolute Gasteiger partial charge is 0.305 e. The van der Waals surface area contributed by atoms with E-state index in [1.54, 1.807) is 0 Å². The lowest BCUT2D eigenvalue weighted by molar-refractivity contribution is -0.140. The average Bonchev–Trinajstić information content (AvgIpc) is 2.88. The number of allylic oxidation sites excluding steroid dienone is 2. The van der Waals surface area contributed by atoms with E-state index >= 15 is 0 Å². The summed E-state index contributed by atoms with van der Waals surface area (Å²) in [6.07, 6.45) is 38.0. The molecule has 0 fully saturated rings. The maximum absolute atomic E-state index is 11.1. The summed E-state index contributed by atoms with van der Waals surface area (Å²) in [5, 5.41) is 0. The first kappa shape index (κ1) is 36.2. The minimum atomic E-state index is -0.0728. The SMILES string of the molecule is CCCCCCCCCC(CCCCCCCCCCC=CCCCCCCCC(=O)OC)CN(C)C. The van der Waals surface area contributed by atoms with E-state index in [2.05, 4.69) is 42.8 Å². The fourth-order valence-corrected chi connectivity index (χ4v) is 5.39. The molecule has 0 aromatic rings. The van der Waals surface area contributed by atoms with Gasteiger partial charge < -0.3 is 9.64 Å². The van der Waals surface area contributed by atoms with Gasteiger partial charge in [-0.25, -0.2) is 0 Å². The van der Waals surface area contributed by atoms with Crippen LogP contribution in [0.25, 0.3) is 0 Å². The van der Waals surface area contributed by atoms with Crippen molar-refractivity contribution in [1.82, 2.24) is 4.90 Å². The molecular weight excluding hydrogens is 454 g/mol. The molecule has 0 saturated heterocycles. The van der Waals surface area contributed by atoms with Crippen LogP contribution < -0.4 is 0 Å². The summed E-state index contributed by atoms with van der Waals surface area (Å²) in [7, 11) is 5.96. The average molecular weight is 522 g/mol. The second-order valence-corrected chi connectivity index (χ2v) is 11.8. The summed E-state index contributed by atoms with van der Waals surface area (Å²) in [5.74, 6) is 0.841. The molecule has 3 nitrogen and oxygen atoms in total. The predicted molar refractivity (Wildman–Crippen MR) is 164 cm³/mol. The van der Waals surface area contributed by atoms with Gasteiger partial charge in [-0.2, -0.15) is 0 Å². The van der Waals surface area contributed by atoms with Crippen molar-refractivity contribution < 1.29 is 9.53 Å². The molecule has 37 heavy (non-hydrogen) atoms. The fraction of sp³-hybridized carbons (Fsp3) is 0.912. The monoisotopic (exact) mass is 522 g/mol. The van der Waals surface area contributed by atoms with Crippen LogP contribution in [0.5, 0.6) is 0 Å². The number of hydrogen-bond acceptors (Lipinski definition) is 3. The molecule has 0 heterocycles. The Morgan fingerprint density at radius 2 is 1.03 bits per heavy atom. The number of unbranched alkanes of at least 4 members (excludes halogenated alkanes) is 19. The minimum Gasteiger partial charge on any atom is -0.469 e. The molecule has 0 N–H and O–H groups in total. The number of methoxy groups -OCH3 is 1. The lowest BCUT2D eigenvalue weighted by atomic mass is 9.93. The summed E-state index contributed by atoms with van der Waals surface area (Å²) < 4.78 is 4.67. The van der Waals surface area contributed by atoms with Gasteiger partial charge in [-0.3, -0.25) is 4.79 Å². The number of hydrogen-bond donors (Lipinski definition) is 0. The van der Waals surface area contributed by atoms with E-state index in [-0.39, 0.29) is 5.97 Å². The number of nitrogens with zero attached hydrogens (tertiary/aromatic N) is 1. The van der Waals surface area contributed by atoms with Crippen molar-refractivity contribution in [2.45, 2.75) is 167 Å². The van der Waals surface area contributed by atoms with Gasteiger partial charge in [0.05, 0.1) is 7.11 Å². The Morgan fingerprint density at radius 3 is 1.46 bits per heavy atom. The first-order valence-electron chi connectivity index (χ1n) is 16.5. The van der Waals surface area contributed by atoms with E-state index in [1.165, 1.54) is 155 Å². The van der Waals surface area contributed by atoms with E-state index in [0.717, 1.165) is 18.8 Å². The normalized spacial score (nSPS) is 12.6. The van der Waals surface area contributed by atoms with Crippen LogP contribution in [0.1, 0.15) is 167 Å². The number of carbonyl (C=O) groups is 1. The topological polar surface area (TPSA) is 29.5 Å². The van der Waals surface area contributed by atoms with Gasteiger partial charge in [0.15, 0.2) is 0 Å². The highest BCUT2D eigenvalue weighted by Crippen LogP contribution is 2.20. The molecule has 0 radical (unpaired) electrons. The standard InChI is InChI=1S/C34H67NO2/c1-5-6-7-8-20-23-26-29-33(32-35(2)3)30-27-24-21-18-16-14-12-10-9-11-13-15-17-19-22-25-28-31-34(36)37-4/h11,13,33H,5-10,12,14-32H2,1-4H3. The molecule has 0 bridgehead atoms. The molecule has 1 unspecified atom stereocenters. The van der Waals surface area contributed by atoms with Crippen LogP contribution in [0.4, 0.5) is 0 Å². The molecule has 0 spiro atoms. The van der Waals surface area contributed by atoms with Gasteiger partial charge in [0.2, 0.25) is 0 Å². The van der Waals surface area contributed by atoms with Crippen molar-refractivity contribution in [3.05, 3.63) is 12.2 Å². The van der Waals surface area contributed by atoms with Crippen LogP contribution >= 0.6 is 0 Å². The van der Waals surface area contributed by atoms with Crippen molar-refractivity contribution in [3.8, 4) is 0 Å². The highest BCUT2D eigenvalue weighted by molar-refractivity contribution is 5.68. The third-order valence-corrected chi connectivity index (χ3v) is 7.72. The van der Waals surface area contributed by atoms with E-state index in [4.69, 9.17) is 0 Å². The van der Waals surface area contributed by atoms with Gasteiger partial charge in [0.25, 0.3) is 0 Å². The van der Waals surface area contributed by atoms with Crippen LogP contribution in [0.15, 0.2) is 12.2 Å². The van der Waals surface area contributed by atoms with Crippen molar-refractivity contribution in [2.75, 3.05) is 27.7 Å². The summed E-state index contributed by atoms with van der Waals surface area (Å²) in [6, 6.07) is 0. The largest absolute Gasteiger partial charge is 0.469 e. The van der Waals surface area contributed by atoms with Gasteiger partial charge in [-0.15, -0.1) is 0 Å². The van der Waals surface area contributed by atoms with E-state index in [9.17, 15) is 4.79 Å². The molecule has 0 saturated carbocycles. The van der Waals surface area contributed by atoms with Crippen molar-refractivity contribution in [2.24, 2.45) is 5.92 Å². The maximum Gasteiger partial charge on any atom is 0.305 e. The zero-order valence-corrected chi connectivity index (χ0v) is 25.9. The number of rotatable bonds is 29. The van der Waals surface area contributed by atoms with E-state index < -0.39 is 0 Å². The molecule has 3 heteroatoms. The van der Waals surface area contributed by atoms with Crippen molar-refractivity contribution >= 4 is 5.97 Å². The highest BCUT2D eigenvalue weighted by atomic mass is 16.5. The Hall–Kier alpha value is -0.830. The molecular formula is C34H67NO2. The fourth-order valence-electron chi connectivity index (χ4n) is 5.39. The van der Waals surface area contributed by atoms with Crippen molar-refractivity contribution in [3.63, 3.8) is 0 Å². The Kier molecular flexibility index (Phi) is 29.1. The first-order chi connectivity index (χ1) is 18.1. The third-order valence-electron chi connectivity index (χ3n) is 7.72. The summed E-state index contributed by atoms with van der Waals surface area (Å²) in [6.45, 7) is 3.58. The summed E-state index contributed by atoms with van der Waals surface area (Å²) in [4.78, 5) is 13.5. The van der Waals surface area contributed by atoms with Crippen LogP contribution in [0.2, 0.25) is 0 Å². The highest BCUT2D eigenvalue weighted by Gasteiger charge is 2.09. The predicted octanol–water partition coefficient (Wildman–Crippen LogP) is 10.7. The van der Waals surface area contributed by atoms with Gasteiger partial charge >= 0.3 is 5.97 Å². The second kappa shape index (κ2) is 29.7. The number of carbonyl (C=O) groups excluding carboxylic acids is 1. The van der Waals surface area contributed by atoms with Gasteiger partial charge in [-0.05, 0) is 65.0 Å². The summed E-state index contributed by atoms with van der Waals surface area (Å²) in [5.41, 5.74) is 0. The number of ether oxygens (including phenoxy) is 1. The number of esters is 1. The van der Waals surface area contributed by atoms with Crippen LogP contribution in [-0.4, -0.2) is 38.6 Å². The van der Waals surface area contributed by atoms with E-state index in [0.29, 0.717) is 6.42 Å². The van der Waals surface area contributed by atoms with Crippen molar-refractivity contribution in [1.29, 1.82) is 0 Å². The molecule has 0 amide bonds. The van der Waals surface area contributed by atoms with Gasteiger partial charge in [0.1, 0.15) is 0 Å². The first-order valence-corrected chi connectivity index (χ1v) is 16.5. The Balaban J connectivity index is 3.46. The zero-order valence-electron chi connectivity index (χ0n) is 25.9. The second-order valence-electron chi connectivity index (χ2n) is 11.8. The Bertz CT molecular complexity index is 488. The maximum atomic E-state index is 11.1. The summed E-state index contributed by atoms with van der Waals surface area (Å²) >= 11 is 0. The van der Waals surface area contributed by atoms with Gasteiger partial charge in [0, 0.05) is 13.0 Å². The Labute approximate surface area is 233 Å². The molecule has 220 valence electrons. The molecule has 0 aromatic heterocycles. The van der Waals surface area contributed by atoms with E-state index in [1.807, 2.05) is 0 Å². The molecule has 0 aliphatic heterocycles. The zero-order chi connectivity index (χ0) is 27.2. The molecule has 0 aromatic carbocycles. The minimum absolute atomic E-state index is 0.0728. The lowest BCUT2D eigenvalue weighted by Crippen LogP contribution is -2.21. The van der Waals surface area contributed by atoms with Crippen LogP contribution in [0, 0.1) is 5.92 Å². The van der Waals surface area contributed by atoms with Crippen LogP contribution in [0.3, 0.4) is 0 Å². The lowest BCUT2D eigenvalue weighted by Gasteiger charge is -2.21. The van der Waals surface area contributed by atoms with Gasteiger partial charge in [-0.1, -0.05) is 128 Å². The molecule has 0 aliphatic rings. The third kappa shape index (κ3) is 29.6. The molecule has 1 atom stereocenters. The molecule has 0 aliphatic carbocycles. The quantitative estimate of drug-likeness (QED) is 0.0557. The van der Waals surface area contributed by atoms with Crippen LogP contribution in [-0.2, 0) is 9.53 Å². The Morgan fingerprint density at radius 1 is 0.622 bits per heavy atom.